The number of aliphatic hydroxyl groups is 1. The topological polar surface area (TPSA) is 20.2 Å². The maximum Gasteiger partial charge on any atom is 0.278 e. The summed E-state index contributed by atoms with van der Waals surface area (Å²) >= 11 is 23.3. The van der Waals surface area contributed by atoms with Gasteiger partial charge in [-0.15, -0.1) is 44.3 Å². The minimum absolute atomic E-state index is 1.29. The molecule has 0 bridgehead atoms. The molecule has 0 rings (SSSR count). The summed E-state index contributed by atoms with van der Waals surface area (Å²) in [6, 6.07) is 0. The Morgan fingerprint density at radius 2 is 1.18 bits per heavy atom. The molecule has 0 aliphatic rings. The molecule has 0 radical (unpaired) electrons. The van der Waals surface area contributed by atoms with Crippen LogP contribution >= 0.6 is 44.3 Å². The van der Waals surface area contributed by atoms with Crippen molar-refractivity contribution >= 4 is 57.7 Å². The summed E-state index contributed by atoms with van der Waals surface area (Å²) in [5, 5.41) is 9.78. The third-order valence-corrected chi connectivity index (χ3v) is 14.4. The van der Waals surface area contributed by atoms with E-state index in [4.69, 9.17) is 44.3 Å². The summed E-state index contributed by atoms with van der Waals surface area (Å²) in [5.41, 5.74) is 0. The monoisotopic (exact) mass is 270 g/mol. The zero-order valence-corrected chi connectivity index (χ0v) is 11.5. The average Bonchev–Trinajstić information content (AvgIpc) is 1.58. The highest BCUT2D eigenvalue weighted by molar-refractivity contribution is 7.57. The van der Waals surface area contributed by atoms with E-state index < -0.39 is 18.2 Å². The van der Waals surface area contributed by atoms with Crippen molar-refractivity contribution in [2.45, 2.75) is 24.9 Å². The Bertz CT molecular complexity index is 131. The van der Waals surface area contributed by atoms with Crippen LogP contribution in [-0.4, -0.2) is 23.3 Å². The molecule has 68 valence electrons. The van der Waals surface area contributed by atoms with Crippen LogP contribution < -0.4 is 0 Å². The van der Waals surface area contributed by atoms with Gasteiger partial charge in [0.15, 0.2) is 0 Å². The van der Waals surface area contributed by atoms with Crippen molar-refractivity contribution in [1.29, 1.82) is 0 Å². The molecule has 1 N–H and O–H groups in total. The first kappa shape index (κ1) is 12.6. The van der Waals surface area contributed by atoms with E-state index in [0.29, 0.717) is 0 Å². The molecule has 0 atom stereocenters. The highest BCUT2D eigenvalue weighted by Gasteiger charge is 2.56. The fourth-order valence-electron chi connectivity index (χ4n) is 0.385. The SMILES string of the molecule is CC(O)([Si](C)(Cl)Cl)[Si](C)(Cl)Cl. The molecular formula is C4H10Cl4OSi2. The van der Waals surface area contributed by atoms with Gasteiger partial charge in [-0.25, -0.2) is 0 Å². The molecule has 11 heavy (non-hydrogen) atoms. The highest BCUT2D eigenvalue weighted by Crippen LogP contribution is 2.39. The zero-order chi connectivity index (χ0) is 9.50. The van der Waals surface area contributed by atoms with E-state index >= 15 is 0 Å². The van der Waals surface area contributed by atoms with E-state index in [1.165, 1.54) is 6.92 Å². The van der Waals surface area contributed by atoms with Crippen LogP contribution in [0.15, 0.2) is 0 Å². The van der Waals surface area contributed by atoms with Crippen molar-refractivity contribution in [2.75, 3.05) is 0 Å². The molecule has 0 aromatic carbocycles. The molecular weight excluding hydrogens is 262 g/mol. The van der Waals surface area contributed by atoms with Crippen molar-refractivity contribution in [3.63, 3.8) is 0 Å². The minimum atomic E-state index is -2.72. The van der Waals surface area contributed by atoms with Crippen LogP contribution in [0.3, 0.4) is 0 Å². The van der Waals surface area contributed by atoms with E-state index in [2.05, 4.69) is 0 Å². The quantitative estimate of drug-likeness (QED) is 0.605. The standard InChI is InChI=1S/C4H10Cl4OSi2/c1-4(9,10(2,5)6)11(3,7)8/h9H,1-3H3. The Morgan fingerprint density at radius 1 is 1.00 bits per heavy atom. The lowest BCUT2D eigenvalue weighted by atomic mass is 10.8. The molecule has 0 heterocycles. The molecule has 0 aromatic heterocycles. The Morgan fingerprint density at radius 3 is 1.18 bits per heavy atom. The van der Waals surface area contributed by atoms with Crippen LogP contribution in [0.1, 0.15) is 6.92 Å². The lowest BCUT2D eigenvalue weighted by Gasteiger charge is -2.36. The average molecular weight is 272 g/mol. The molecule has 7 heteroatoms. The van der Waals surface area contributed by atoms with Gasteiger partial charge in [-0.05, 0) is 20.0 Å². The first-order valence-corrected chi connectivity index (χ1v) is 12.0. The Balaban J connectivity index is 4.75. The van der Waals surface area contributed by atoms with Gasteiger partial charge in [-0.2, -0.15) is 0 Å². The molecule has 0 fully saturated rings. The summed E-state index contributed by atoms with van der Waals surface area (Å²) in [6.45, 7) is -0.733. The lowest BCUT2D eigenvalue weighted by Crippen LogP contribution is -2.60. The predicted molar refractivity (Wildman–Crippen MR) is 57.3 cm³/mol. The van der Waals surface area contributed by atoms with E-state index in [-0.39, 0.29) is 0 Å². The Labute approximate surface area is 87.4 Å². The number of rotatable bonds is 2. The van der Waals surface area contributed by atoms with Crippen molar-refractivity contribution in [3.8, 4) is 0 Å². The first-order valence-electron chi connectivity index (χ1n) is 2.98. The second-order valence-corrected chi connectivity index (χ2v) is 19.1. The molecule has 0 aromatic rings. The van der Waals surface area contributed by atoms with Crippen LogP contribution in [0.2, 0.25) is 13.1 Å². The molecule has 1 nitrogen and oxygen atoms in total. The maximum atomic E-state index is 9.78. The normalized spacial score (nSPS) is 15.3. The van der Waals surface area contributed by atoms with Gasteiger partial charge in [-0.1, -0.05) is 0 Å². The number of hydrogen-bond acceptors (Lipinski definition) is 1. The van der Waals surface area contributed by atoms with Crippen molar-refractivity contribution in [1.82, 2.24) is 0 Å². The third-order valence-electron chi connectivity index (χ3n) is 1.71. The highest BCUT2D eigenvalue weighted by atomic mass is 35.7. The second kappa shape index (κ2) is 3.37. The van der Waals surface area contributed by atoms with Crippen LogP contribution in [0.5, 0.6) is 0 Å². The van der Waals surface area contributed by atoms with Gasteiger partial charge >= 0.3 is 0 Å². The van der Waals surface area contributed by atoms with E-state index in [9.17, 15) is 5.11 Å². The fraction of sp³-hybridized carbons (Fsp3) is 1.00. The second-order valence-electron chi connectivity index (χ2n) is 2.85. The van der Waals surface area contributed by atoms with Gasteiger partial charge < -0.3 is 5.11 Å². The molecule has 0 saturated carbocycles. The van der Waals surface area contributed by atoms with Gasteiger partial charge in [0.05, 0.1) is 0 Å². The lowest BCUT2D eigenvalue weighted by molar-refractivity contribution is 0.220. The summed E-state index contributed by atoms with van der Waals surface area (Å²) in [4.78, 5) is -1.29. The van der Waals surface area contributed by atoms with E-state index in [0.717, 1.165) is 0 Å². The number of hydrogen-bond donors (Lipinski definition) is 1. The van der Waals surface area contributed by atoms with Gasteiger partial charge in [0.2, 0.25) is 0 Å². The largest absolute Gasteiger partial charge is 0.391 e. The van der Waals surface area contributed by atoms with Crippen molar-refractivity contribution in [3.05, 3.63) is 0 Å². The van der Waals surface area contributed by atoms with Gasteiger partial charge in [0.1, 0.15) is 4.85 Å². The fourth-order valence-corrected chi connectivity index (χ4v) is 12.0. The van der Waals surface area contributed by atoms with Crippen LogP contribution in [0.4, 0.5) is 0 Å². The van der Waals surface area contributed by atoms with Crippen LogP contribution in [0, 0.1) is 0 Å². The molecule has 0 saturated heterocycles. The summed E-state index contributed by atoms with van der Waals surface area (Å²) in [7, 11) is 0. The number of halogens is 4. The molecule has 0 unspecified atom stereocenters. The van der Waals surface area contributed by atoms with Crippen molar-refractivity contribution in [2.24, 2.45) is 0 Å². The van der Waals surface area contributed by atoms with E-state index in [1.54, 1.807) is 13.1 Å². The predicted octanol–water partition coefficient (Wildman–Crippen LogP) is 2.92. The van der Waals surface area contributed by atoms with Gasteiger partial charge in [0.25, 0.3) is 13.4 Å². The smallest absolute Gasteiger partial charge is 0.278 e. The van der Waals surface area contributed by atoms with Crippen LogP contribution in [0.25, 0.3) is 0 Å². The van der Waals surface area contributed by atoms with E-state index in [1.807, 2.05) is 0 Å². The maximum absolute atomic E-state index is 9.78. The zero-order valence-electron chi connectivity index (χ0n) is 6.46. The summed E-state index contributed by atoms with van der Waals surface area (Å²) in [5.74, 6) is 0. The molecule has 0 amide bonds. The first-order chi connectivity index (χ1) is 4.50. The minimum Gasteiger partial charge on any atom is -0.391 e. The van der Waals surface area contributed by atoms with Crippen LogP contribution in [-0.2, 0) is 0 Å². The summed E-state index contributed by atoms with van der Waals surface area (Å²) in [6.07, 6.45) is 0. The molecule has 0 spiro atoms. The Kier molecular flexibility index (Phi) is 3.84. The molecule has 0 aliphatic heterocycles. The van der Waals surface area contributed by atoms with Gasteiger partial charge in [0, 0.05) is 0 Å². The third kappa shape index (κ3) is 2.76. The van der Waals surface area contributed by atoms with Crippen molar-refractivity contribution < 1.29 is 5.11 Å². The Hall–Kier alpha value is 1.55. The van der Waals surface area contributed by atoms with Gasteiger partial charge in [-0.3, -0.25) is 0 Å². The summed E-state index contributed by atoms with van der Waals surface area (Å²) < 4.78 is 0. The molecule has 0 aliphatic carbocycles.